The molecule has 2 fully saturated rings. The standard InChI is InChI=1S/C17H19N3O5/c1-16(14(24)18-15(25)20-16)11-5-2-4-10(8-11)13(23)19-17(6-3-7-17)9-12(21)22/h2,4-5,8H,3,6-7,9H2,1H3,(H,19,23)(H,21,22)(H2,18,20,24,25). The van der Waals surface area contributed by atoms with Crippen molar-refractivity contribution in [2.24, 2.45) is 0 Å². The fourth-order valence-electron chi connectivity index (χ4n) is 3.27. The van der Waals surface area contributed by atoms with Crippen LogP contribution >= 0.6 is 0 Å². The summed E-state index contributed by atoms with van der Waals surface area (Å²) in [5, 5.41) is 16.6. The lowest BCUT2D eigenvalue weighted by Crippen LogP contribution is -2.54. The molecule has 25 heavy (non-hydrogen) atoms. The van der Waals surface area contributed by atoms with Crippen molar-refractivity contribution >= 4 is 23.8 Å². The van der Waals surface area contributed by atoms with Crippen LogP contribution < -0.4 is 16.0 Å². The van der Waals surface area contributed by atoms with E-state index >= 15 is 0 Å². The van der Waals surface area contributed by atoms with Crippen LogP contribution in [0.15, 0.2) is 24.3 Å². The highest BCUT2D eigenvalue weighted by Crippen LogP contribution is 2.35. The zero-order chi connectivity index (χ0) is 18.2. The van der Waals surface area contributed by atoms with Gasteiger partial charge in [0.1, 0.15) is 5.54 Å². The topological polar surface area (TPSA) is 125 Å². The molecule has 8 nitrogen and oxygen atoms in total. The van der Waals surface area contributed by atoms with Gasteiger partial charge in [-0.25, -0.2) is 4.79 Å². The van der Waals surface area contributed by atoms with E-state index in [1.54, 1.807) is 25.1 Å². The van der Waals surface area contributed by atoms with Gasteiger partial charge in [-0.2, -0.15) is 0 Å². The third-order valence-corrected chi connectivity index (χ3v) is 4.93. The Hall–Kier alpha value is -2.90. The first-order chi connectivity index (χ1) is 11.7. The highest BCUT2D eigenvalue weighted by Gasteiger charge is 2.44. The van der Waals surface area contributed by atoms with Gasteiger partial charge in [-0.15, -0.1) is 0 Å². The molecule has 1 aromatic rings. The summed E-state index contributed by atoms with van der Waals surface area (Å²) in [6, 6.07) is 5.81. The van der Waals surface area contributed by atoms with Crippen LogP contribution in [0, 0.1) is 0 Å². The molecule has 132 valence electrons. The quantitative estimate of drug-likeness (QED) is 0.589. The number of hydrogen-bond acceptors (Lipinski definition) is 4. The van der Waals surface area contributed by atoms with Gasteiger partial charge in [0, 0.05) is 5.56 Å². The zero-order valence-corrected chi connectivity index (χ0v) is 13.7. The van der Waals surface area contributed by atoms with Gasteiger partial charge < -0.3 is 15.7 Å². The van der Waals surface area contributed by atoms with Crippen LogP contribution in [-0.4, -0.2) is 34.5 Å². The molecule has 1 saturated heterocycles. The van der Waals surface area contributed by atoms with E-state index in [0.29, 0.717) is 24.0 Å². The highest BCUT2D eigenvalue weighted by atomic mass is 16.4. The van der Waals surface area contributed by atoms with Crippen LogP contribution in [0.1, 0.15) is 48.5 Å². The molecule has 0 aromatic heterocycles. The third-order valence-electron chi connectivity index (χ3n) is 4.93. The lowest BCUT2D eigenvalue weighted by atomic mass is 9.74. The number of amides is 4. The fraction of sp³-hybridized carbons (Fsp3) is 0.412. The second kappa shape index (κ2) is 5.87. The van der Waals surface area contributed by atoms with Crippen molar-refractivity contribution in [3.8, 4) is 0 Å². The maximum absolute atomic E-state index is 12.6. The van der Waals surface area contributed by atoms with Gasteiger partial charge in [0.05, 0.1) is 12.0 Å². The Balaban J connectivity index is 1.82. The summed E-state index contributed by atoms with van der Waals surface area (Å²) in [6.07, 6.45) is 2.01. The molecule has 1 unspecified atom stereocenters. The lowest BCUT2D eigenvalue weighted by Gasteiger charge is -2.41. The Kier molecular flexibility index (Phi) is 3.98. The van der Waals surface area contributed by atoms with E-state index in [2.05, 4.69) is 16.0 Å². The number of benzene rings is 1. The summed E-state index contributed by atoms with van der Waals surface area (Å²) >= 11 is 0. The number of carboxylic acids is 1. The molecular formula is C17H19N3O5. The van der Waals surface area contributed by atoms with E-state index in [-0.39, 0.29) is 6.42 Å². The van der Waals surface area contributed by atoms with E-state index in [4.69, 9.17) is 5.11 Å². The van der Waals surface area contributed by atoms with Crippen molar-refractivity contribution in [1.29, 1.82) is 0 Å². The van der Waals surface area contributed by atoms with E-state index in [1.165, 1.54) is 6.07 Å². The van der Waals surface area contributed by atoms with Crippen LogP contribution in [0.3, 0.4) is 0 Å². The Morgan fingerprint density at radius 3 is 2.52 bits per heavy atom. The number of nitrogens with one attached hydrogen (secondary N) is 3. The molecule has 4 N–H and O–H groups in total. The minimum absolute atomic E-state index is 0.116. The largest absolute Gasteiger partial charge is 0.481 e. The van der Waals surface area contributed by atoms with E-state index in [0.717, 1.165) is 6.42 Å². The number of hydrogen-bond donors (Lipinski definition) is 4. The molecular weight excluding hydrogens is 326 g/mol. The molecule has 8 heteroatoms. The molecule has 3 rings (SSSR count). The number of carbonyl (C=O) groups excluding carboxylic acids is 3. The molecule has 1 atom stereocenters. The maximum Gasteiger partial charge on any atom is 0.322 e. The second-order valence-corrected chi connectivity index (χ2v) is 6.77. The third kappa shape index (κ3) is 3.07. The Labute approximate surface area is 144 Å². The van der Waals surface area contributed by atoms with Gasteiger partial charge in [-0.1, -0.05) is 12.1 Å². The predicted molar refractivity (Wildman–Crippen MR) is 86.8 cm³/mol. The minimum Gasteiger partial charge on any atom is -0.481 e. The molecule has 1 aliphatic carbocycles. The average molecular weight is 345 g/mol. The number of carbonyl (C=O) groups is 4. The van der Waals surface area contributed by atoms with Gasteiger partial charge in [0.15, 0.2) is 0 Å². The van der Waals surface area contributed by atoms with Gasteiger partial charge in [0.25, 0.3) is 11.8 Å². The summed E-state index contributed by atoms with van der Waals surface area (Å²) in [6.45, 7) is 1.56. The van der Waals surface area contributed by atoms with Crippen molar-refractivity contribution in [2.45, 2.75) is 43.7 Å². The Bertz CT molecular complexity index is 771. The molecule has 0 spiro atoms. The summed E-state index contributed by atoms with van der Waals surface area (Å²) in [5.74, 6) is -1.83. The van der Waals surface area contributed by atoms with E-state index in [9.17, 15) is 19.2 Å². The average Bonchev–Trinajstić information content (AvgIpc) is 2.78. The van der Waals surface area contributed by atoms with Gasteiger partial charge in [0.2, 0.25) is 0 Å². The second-order valence-electron chi connectivity index (χ2n) is 6.77. The van der Waals surface area contributed by atoms with Crippen LogP contribution in [0.25, 0.3) is 0 Å². The molecule has 0 bridgehead atoms. The van der Waals surface area contributed by atoms with Gasteiger partial charge in [-0.3, -0.25) is 19.7 Å². The number of imide groups is 1. The minimum atomic E-state index is -1.25. The fourth-order valence-corrected chi connectivity index (χ4v) is 3.27. The monoisotopic (exact) mass is 345 g/mol. The first-order valence-corrected chi connectivity index (χ1v) is 8.03. The summed E-state index contributed by atoms with van der Waals surface area (Å²) in [7, 11) is 0. The summed E-state index contributed by atoms with van der Waals surface area (Å²) < 4.78 is 0. The SMILES string of the molecule is CC1(c2cccc(C(=O)NC3(CC(=O)O)CCC3)c2)NC(=O)NC1=O. The zero-order valence-electron chi connectivity index (χ0n) is 13.7. The number of rotatable bonds is 5. The lowest BCUT2D eigenvalue weighted by molar-refractivity contribution is -0.139. The van der Waals surface area contributed by atoms with Crippen molar-refractivity contribution in [3.63, 3.8) is 0 Å². The summed E-state index contributed by atoms with van der Waals surface area (Å²) in [5.41, 5.74) is -1.17. The van der Waals surface area contributed by atoms with Crippen molar-refractivity contribution < 1.29 is 24.3 Å². The Morgan fingerprint density at radius 1 is 1.28 bits per heavy atom. The highest BCUT2D eigenvalue weighted by molar-refractivity contribution is 6.07. The first kappa shape index (κ1) is 16.9. The van der Waals surface area contributed by atoms with Crippen molar-refractivity contribution in [1.82, 2.24) is 16.0 Å². The van der Waals surface area contributed by atoms with Crippen LogP contribution in [0.5, 0.6) is 0 Å². The summed E-state index contributed by atoms with van der Waals surface area (Å²) in [4.78, 5) is 47.0. The molecule has 1 saturated carbocycles. The number of urea groups is 1. The molecule has 4 amide bonds. The number of aliphatic carboxylic acids is 1. The van der Waals surface area contributed by atoms with Crippen LogP contribution in [-0.2, 0) is 15.1 Å². The first-order valence-electron chi connectivity index (χ1n) is 8.03. The normalized spacial score (nSPS) is 24.0. The maximum atomic E-state index is 12.6. The number of carboxylic acid groups (broad SMARTS) is 1. The van der Waals surface area contributed by atoms with E-state index < -0.39 is 34.9 Å². The molecule has 0 radical (unpaired) electrons. The van der Waals surface area contributed by atoms with Crippen LogP contribution in [0.2, 0.25) is 0 Å². The van der Waals surface area contributed by atoms with Crippen molar-refractivity contribution in [3.05, 3.63) is 35.4 Å². The Morgan fingerprint density at radius 2 is 2.00 bits per heavy atom. The van der Waals surface area contributed by atoms with E-state index in [1.807, 2.05) is 0 Å². The predicted octanol–water partition coefficient (Wildman–Crippen LogP) is 0.868. The smallest absolute Gasteiger partial charge is 0.322 e. The molecule has 1 aliphatic heterocycles. The molecule has 1 aromatic carbocycles. The van der Waals surface area contributed by atoms with Crippen molar-refractivity contribution in [2.75, 3.05) is 0 Å². The van der Waals surface area contributed by atoms with Crippen LogP contribution in [0.4, 0.5) is 4.79 Å². The molecule has 1 heterocycles. The molecule has 2 aliphatic rings. The van der Waals surface area contributed by atoms with Gasteiger partial charge >= 0.3 is 12.0 Å². The van der Waals surface area contributed by atoms with Gasteiger partial charge in [-0.05, 0) is 43.9 Å².